The van der Waals surface area contributed by atoms with Crippen LogP contribution in [0.1, 0.15) is 40.9 Å². The maximum absolute atomic E-state index is 14.6. The van der Waals surface area contributed by atoms with Gasteiger partial charge in [-0.3, -0.25) is 9.78 Å². The molecule has 0 aliphatic heterocycles. The zero-order valence-corrected chi connectivity index (χ0v) is 23.0. The largest absolute Gasteiger partial charge is 0.496 e. The number of thiophene rings is 1. The Kier molecular flexibility index (Phi) is 8.11. The fourth-order valence-electron chi connectivity index (χ4n) is 5.24. The molecule has 4 aromatic rings. The Morgan fingerprint density at radius 3 is 2.49 bits per heavy atom. The summed E-state index contributed by atoms with van der Waals surface area (Å²) in [5.41, 5.74) is 2.01. The van der Waals surface area contributed by atoms with E-state index in [1.807, 2.05) is 13.1 Å². The number of carbonyl (C=O) groups is 1. The summed E-state index contributed by atoms with van der Waals surface area (Å²) >= 11 is 7.38. The van der Waals surface area contributed by atoms with Gasteiger partial charge < -0.3 is 15.0 Å². The van der Waals surface area contributed by atoms with Crippen LogP contribution in [0.2, 0.25) is 5.02 Å². The van der Waals surface area contributed by atoms with Crippen molar-refractivity contribution in [2.45, 2.75) is 44.3 Å². The first kappa shape index (κ1) is 27.4. The van der Waals surface area contributed by atoms with Gasteiger partial charge in [0, 0.05) is 36.0 Å². The molecule has 0 unspecified atom stereocenters. The molecule has 39 heavy (non-hydrogen) atoms. The maximum atomic E-state index is 14.6. The Balaban J connectivity index is 1.56. The van der Waals surface area contributed by atoms with Crippen molar-refractivity contribution in [3.63, 3.8) is 0 Å². The monoisotopic (exact) mass is 573 g/mol. The molecule has 1 fully saturated rings. The first-order valence-corrected chi connectivity index (χ1v) is 13.8. The van der Waals surface area contributed by atoms with Gasteiger partial charge in [0.25, 0.3) is 5.91 Å². The Morgan fingerprint density at radius 1 is 1.08 bits per heavy atom. The number of methoxy groups -OCH3 is 1. The quantitative estimate of drug-likeness (QED) is 0.254. The number of hydrogen-bond acceptors (Lipinski definition) is 5. The number of nitrogens with one attached hydrogen (secondary N) is 1. The average molecular weight is 574 g/mol. The van der Waals surface area contributed by atoms with E-state index in [4.69, 9.17) is 16.3 Å². The summed E-state index contributed by atoms with van der Waals surface area (Å²) in [6.45, 7) is 0.170. The van der Waals surface area contributed by atoms with Crippen LogP contribution in [0.5, 0.6) is 5.75 Å². The number of hydrogen-bond donors (Lipinski definition) is 1. The highest BCUT2D eigenvalue weighted by atomic mass is 35.5. The Bertz CT molecular complexity index is 1520. The number of fused-ring (bicyclic) bond motifs is 1. The highest BCUT2D eigenvalue weighted by Crippen LogP contribution is 2.40. The number of aromatic nitrogens is 1. The van der Waals surface area contributed by atoms with Crippen LogP contribution in [0.25, 0.3) is 21.2 Å². The molecular formula is C29H27ClF3N3O2S. The van der Waals surface area contributed by atoms with Gasteiger partial charge in [-0.2, -0.15) is 0 Å². The van der Waals surface area contributed by atoms with E-state index < -0.39 is 23.4 Å². The summed E-state index contributed by atoms with van der Waals surface area (Å²) in [5.74, 6) is -1.60. The van der Waals surface area contributed by atoms with Gasteiger partial charge in [0.1, 0.15) is 28.1 Å². The normalized spacial score (nSPS) is 17.4. The standard InChI is InChI=1S/C29H27ClF3N3O2S/c1-34-20-4-6-21(7-5-20)36(29(37)28-26(30)25-22(32)8-9-23(33)27(25)39-28)15-18-11-16(3-10-24(18)38-2)17-12-19(31)14-35-13-17/h3,8-14,20-21,34H,4-7,15H2,1-2H3/t20-,21-. The second-order valence-corrected chi connectivity index (χ2v) is 11.0. The lowest BCUT2D eigenvalue weighted by atomic mass is 9.89. The summed E-state index contributed by atoms with van der Waals surface area (Å²) in [4.78, 5) is 19.9. The summed E-state index contributed by atoms with van der Waals surface area (Å²) in [7, 11) is 3.46. The minimum absolute atomic E-state index is 0.0142. The van der Waals surface area contributed by atoms with E-state index in [0.717, 1.165) is 55.3 Å². The second-order valence-electron chi connectivity index (χ2n) is 9.62. The molecule has 1 saturated carbocycles. The molecule has 0 radical (unpaired) electrons. The van der Waals surface area contributed by atoms with Crippen LogP contribution in [0.15, 0.2) is 48.8 Å². The summed E-state index contributed by atoms with van der Waals surface area (Å²) in [6.07, 6.45) is 5.95. The van der Waals surface area contributed by atoms with Gasteiger partial charge in [-0.25, -0.2) is 13.2 Å². The Morgan fingerprint density at radius 2 is 1.82 bits per heavy atom. The fraction of sp³-hybridized carbons (Fsp3) is 0.310. The van der Waals surface area contributed by atoms with Gasteiger partial charge in [0.15, 0.2) is 0 Å². The summed E-state index contributed by atoms with van der Waals surface area (Å²) in [5, 5.41) is 3.13. The van der Waals surface area contributed by atoms with Crippen molar-refractivity contribution in [1.82, 2.24) is 15.2 Å². The van der Waals surface area contributed by atoms with Gasteiger partial charge in [-0.05, 0) is 68.6 Å². The predicted molar refractivity (Wildman–Crippen MR) is 148 cm³/mol. The van der Waals surface area contributed by atoms with E-state index in [2.05, 4.69) is 10.3 Å². The van der Waals surface area contributed by atoms with Crippen LogP contribution < -0.4 is 10.1 Å². The third-order valence-electron chi connectivity index (χ3n) is 7.34. The Hall–Kier alpha value is -3.14. The van der Waals surface area contributed by atoms with Crippen molar-refractivity contribution in [1.29, 1.82) is 0 Å². The molecule has 0 saturated heterocycles. The number of nitrogens with zero attached hydrogens (tertiary/aromatic N) is 2. The van der Waals surface area contributed by atoms with Crippen LogP contribution in [0, 0.1) is 17.5 Å². The molecule has 5 rings (SSSR count). The first-order valence-electron chi connectivity index (χ1n) is 12.6. The molecule has 1 amide bonds. The average Bonchev–Trinajstić information content (AvgIpc) is 3.31. The van der Waals surface area contributed by atoms with Gasteiger partial charge >= 0.3 is 0 Å². The van der Waals surface area contributed by atoms with Crippen molar-refractivity contribution in [3.8, 4) is 16.9 Å². The molecule has 0 spiro atoms. The number of amides is 1. The zero-order chi connectivity index (χ0) is 27.7. The number of rotatable bonds is 7. The van der Waals surface area contributed by atoms with Crippen LogP contribution in [-0.2, 0) is 6.54 Å². The van der Waals surface area contributed by atoms with E-state index in [1.54, 1.807) is 30.3 Å². The van der Waals surface area contributed by atoms with E-state index in [9.17, 15) is 18.0 Å². The smallest absolute Gasteiger partial charge is 0.266 e. The molecule has 204 valence electrons. The summed E-state index contributed by atoms with van der Waals surface area (Å²) < 4.78 is 48.6. The summed E-state index contributed by atoms with van der Waals surface area (Å²) in [6, 6.07) is 9.09. The highest BCUT2D eigenvalue weighted by molar-refractivity contribution is 7.21. The van der Waals surface area contributed by atoms with Crippen LogP contribution in [0.3, 0.4) is 0 Å². The Labute approximate surface area is 233 Å². The van der Waals surface area contributed by atoms with Crippen LogP contribution >= 0.6 is 22.9 Å². The minimum Gasteiger partial charge on any atom is -0.496 e. The van der Waals surface area contributed by atoms with Crippen molar-refractivity contribution in [2.75, 3.05) is 14.2 Å². The molecule has 0 bridgehead atoms. The van der Waals surface area contributed by atoms with Crippen LogP contribution in [-0.4, -0.2) is 42.0 Å². The van der Waals surface area contributed by atoms with E-state index >= 15 is 0 Å². The van der Waals surface area contributed by atoms with E-state index in [0.29, 0.717) is 28.5 Å². The van der Waals surface area contributed by atoms with Crippen molar-refractivity contribution >= 4 is 38.9 Å². The van der Waals surface area contributed by atoms with Gasteiger partial charge in [0.05, 0.1) is 28.4 Å². The van der Waals surface area contributed by atoms with Crippen molar-refractivity contribution < 1.29 is 22.7 Å². The van der Waals surface area contributed by atoms with Crippen molar-refractivity contribution in [2.24, 2.45) is 0 Å². The number of benzene rings is 2. The van der Waals surface area contributed by atoms with Crippen molar-refractivity contribution in [3.05, 3.63) is 81.7 Å². The molecule has 2 aromatic heterocycles. The fourth-order valence-corrected chi connectivity index (χ4v) is 6.75. The first-order chi connectivity index (χ1) is 18.8. The number of pyridine rings is 1. The number of carbonyl (C=O) groups excluding carboxylic acids is 1. The molecule has 1 aliphatic carbocycles. The molecule has 1 aliphatic rings. The minimum atomic E-state index is -0.675. The predicted octanol–water partition coefficient (Wildman–Crippen LogP) is 7.22. The van der Waals surface area contributed by atoms with Gasteiger partial charge in [-0.15, -0.1) is 11.3 Å². The van der Waals surface area contributed by atoms with Crippen LogP contribution in [0.4, 0.5) is 13.2 Å². The van der Waals surface area contributed by atoms with Gasteiger partial charge in [0.2, 0.25) is 0 Å². The molecule has 2 heterocycles. The van der Waals surface area contributed by atoms with E-state index in [1.165, 1.54) is 6.07 Å². The maximum Gasteiger partial charge on any atom is 0.266 e. The van der Waals surface area contributed by atoms with Gasteiger partial charge in [-0.1, -0.05) is 17.7 Å². The zero-order valence-electron chi connectivity index (χ0n) is 21.4. The molecule has 10 heteroatoms. The molecule has 5 nitrogen and oxygen atoms in total. The third-order valence-corrected chi connectivity index (χ3v) is 9.02. The lowest BCUT2D eigenvalue weighted by Crippen LogP contribution is -2.44. The third kappa shape index (κ3) is 5.48. The number of halogens is 4. The topological polar surface area (TPSA) is 54.5 Å². The van der Waals surface area contributed by atoms with E-state index in [-0.39, 0.29) is 32.6 Å². The highest BCUT2D eigenvalue weighted by Gasteiger charge is 2.33. The molecular weight excluding hydrogens is 547 g/mol. The SMILES string of the molecule is CN[C@H]1CC[C@H](N(Cc2cc(-c3cncc(F)c3)ccc2OC)C(=O)c2sc3c(F)ccc(F)c3c2Cl)CC1. The molecule has 1 N–H and O–H groups in total. The molecule has 0 atom stereocenters. The lowest BCUT2D eigenvalue weighted by molar-refractivity contribution is 0.0604. The number of ether oxygens (including phenoxy) is 1. The second kappa shape index (κ2) is 11.5. The lowest BCUT2D eigenvalue weighted by Gasteiger charge is -2.37. The molecule has 2 aromatic carbocycles.